The summed E-state index contributed by atoms with van der Waals surface area (Å²) in [5.74, 6) is -0.507. The molecule has 0 atom stereocenters. The van der Waals surface area contributed by atoms with Gasteiger partial charge in [-0.2, -0.15) is 0 Å². The van der Waals surface area contributed by atoms with Crippen molar-refractivity contribution in [3.63, 3.8) is 0 Å². The van der Waals surface area contributed by atoms with E-state index in [9.17, 15) is 9.59 Å². The van der Waals surface area contributed by atoms with Gasteiger partial charge in [-0.05, 0) is 20.8 Å². The van der Waals surface area contributed by atoms with Crippen molar-refractivity contribution in [1.29, 1.82) is 0 Å². The SMILES string of the molecule is CCN(CC(N)=O)C(=O)C(C)(C)N1CCNCC1. The Balaban J connectivity index is 2.74. The molecule has 1 saturated heterocycles. The Kier molecular flexibility index (Phi) is 5.10. The fraction of sp³-hybridized carbons (Fsp3) is 0.833. The molecular weight excluding hydrogens is 232 g/mol. The molecule has 0 aromatic heterocycles. The smallest absolute Gasteiger partial charge is 0.242 e. The zero-order valence-corrected chi connectivity index (χ0v) is 11.5. The number of nitrogens with zero attached hydrogens (tertiary/aromatic N) is 2. The highest BCUT2D eigenvalue weighted by molar-refractivity contribution is 5.89. The number of nitrogens with two attached hydrogens (primary N) is 1. The van der Waals surface area contributed by atoms with Crippen molar-refractivity contribution in [1.82, 2.24) is 15.1 Å². The maximum atomic E-state index is 12.5. The second-order valence-corrected chi connectivity index (χ2v) is 5.08. The van der Waals surface area contributed by atoms with Crippen LogP contribution in [0.2, 0.25) is 0 Å². The lowest BCUT2D eigenvalue weighted by atomic mass is 9.99. The summed E-state index contributed by atoms with van der Waals surface area (Å²) in [6.07, 6.45) is 0. The van der Waals surface area contributed by atoms with E-state index in [2.05, 4.69) is 10.2 Å². The Morgan fingerprint density at radius 2 is 1.89 bits per heavy atom. The average molecular weight is 256 g/mol. The van der Waals surface area contributed by atoms with Crippen LogP contribution in [-0.4, -0.2) is 66.4 Å². The Morgan fingerprint density at radius 3 is 2.33 bits per heavy atom. The van der Waals surface area contributed by atoms with Crippen LogP contribution in [0.15, 0.2) is 0 Å². The third kappa shape index (κ3) is 3.43. The molecule has 0 spiro atoms. The van der Waals surface area contributed by atoms with Crippen molar-refractivity contribution in [3.05, 3.63) is 0 Å². The van der Waals surface area contributed by atoms with Gasteiger partial charge in [-0.15, -0.1) is 0 Å². The predicted molar refractivity (Wildman–Crippen MR) is 70.0 cm³/mol. The number of amides is 2. The molecular formula is C12H24N4O2. The number of carbonyl (C=O) groups excluding carboxylic acids is 2. The fourth-order valence-electron chi connectivity index (χ4n) is 2.26. The number of carbonyl (C=O) groups is 2. The summed E-state index contributed by atoms with van der Waals surface area (Å²) in [6, 6.07) is 0. The van der Waals surface area contributed by atoms with E-state index in [4.69, 9.17) is 5.73 Å². The van der Waals surface area contributed by atoms with E-state index in [-0.39, 0.29) is 12.5 Å². The maximum absolute atomic E-state index is 12.5. The molecule has 1 rings (SSSR count). The quantitative estimate of drug-likeness (QED) is 0.661. The molecule has 0 bridgehead atoms. The topological polar surface area (TPSA) is 78.7 Å². The number of hydrogen-bond donors (Lipinski definition) is 2. The number of piperazine rings is 1. The van der Waals surface area contributed by atoms with Crippen molar-refractivity contribution in [2.24, 2.45) is 5.73 Å². The second kappa shape index (κ2) is 6.15. The third-order valence-corrected chi connectivity index (χ3v) is 3.45. The van der Waals surface area contributed by atoms with Crippen LogP contribution in [0.5, 0.6) is 0 Å². The summed E-state index contributed by atoms with van der Waals surface area (Å²) in [5.41, 5.74) is 4.58. The van der Waals surface area contributed by atoms with E-state index in [1.165, 1.54) is 4.90 Å². The molecule has 6 nitrogen and oxygen atoms in total. The van der Waals surface area contributed by atoms with Crippen LogP contribution >= 0.6 is 0 Å². The summed E-state index contributed by atoms with van der Waals surface area (Å²) in [5, 5.41) is 3.26. The molecule has 104 valence electrons. The lowest BCUT2D eigenvalue weighted by Gasteiger charge is -2.42. The van der Waals surface area contributed by atoms with Crippen LogP contribution in [0.25, 0.3) is 0 Å². The zero-order valence-electron chi connectivity index (χ0n) is 11.5. The fourth-order valence-corrected chi connectivity index (χ4v) is 2.26. The first-order chi connectivity index (χ1) is 8.39. The van der Waals surface area contributed by atoms with Crippen molar-refractivity contribution in [2.45, 2.75) is 26.3 Å². The Morgan fingerprint density at radius 1 is 1.33 bits per heavy atom. The molecule has 0 aromatic rings. The number of likely N-dealkylation sites (N-methyl/N-ethyl adjacent to an activating group) is 1. The average Bonchev–Trinajstić information content (AvgIpc) is 2.36. The van der Waals surface area contributed by atoms with Crippen LogP contribution in [0.1, 0.15) is 20.8 Å². The third-order valence-electron chi connectivity index (χ3n) is 3.45. The van der Waals surface area contributed by atoms with E-state index >= 15 is 0 Å². The Hall–Kier alpha value is -1.14. The molecule has 0 aromatic carbocycles. The van der Waals surface area contributed by atoms with Gasteiger partial charge in [0, 0.05) is 32.7 Å². The standard InChI is InChI=1S/C12H24N4O2/c1-4-15(9-10(13)17)11(18)12(2,3)16-7-5-14-6-8-16/h14H,4-9H2,1-3H3,(H2,13,17). The summed E-state index contributed by atoms with van der Waals surface area (Å²) >= 11 is 0. The number of primary amides is 1. The lowest BCUT2D eigenvalue weighted by molar-refractivity contribution is -0.145. The molecule has 1 fully saturated rings. The minimum atomic E-state index is -0.590. The van der Waals surface area contributed by atoms with E-state index in [0.29, 0.717) is 6.54 Å². The van der Waals surface area contributed by atoms with Gasteiger partial charge < -0.3 is 16.0 Å². The molecule has 2 amide bonds. The van der Waals surface area contributed by atoms with Crippen LogP contribution < -0.4 is 11.1 Å². The number of rotatable bonds is 5. The van der Waals surface area contributed by atoms with E-state index in [1.807, 2.05) is 20.8 Å². The zero-order chi connectivity index (χ0) is 13.8. The molecule has 6 heteroatoms. The summed E-state index contributed by atoms with van der Waals surface area (Å²) in [4.78, 5) is 27.1. The largest absolute Gasteiger partial charge is 0.368 e. The molecule has 0 saturated carbocycles. The van der Waals surface area contributed by atoms with Gasteiger partial charge in [0.25, 0.3) is 0 Å². The van der Waals surface area contributed by atoms with Crippen LogP contribution in [-0.2, 0) is 9.59 Å². The summed E-state index contributed by atoms with van der Waals surface area (Å²) in [6.45, 7) is 9.61. The van der Waals surface area contributed by atoms with Gasteiger partial charge in [-0.3, -0.25) is 14.5 Å². The van der Waals surface area contributed by atoms with Crippen molar-refractivity contribution in [3.8, 4) is 0 Å². The van der Waals surface area contributed by atoms with Crippen LogP contribution in [0.3, 0.4) is 0 Å². The summed E-state index contributed by atoms with van der Waals surface area (Å²) < 4.78 is 0. The molecule has 0 aliphatic carbocycles. The Bertz CT molecular complexity index is 311. The predicted octanol–water partition coefficient (Wildman–Crippen LogP) is -0.996. The van der Waals surface area contributed by atoms with E-state index in [0.717, 1.165) is 26.2 Å². The minimum Gasteiger partial charge on any atom is -0.368 e. The van der Waals surface area contributed by atoms with Crippen molar-refractivity contribution >= 4 is 11.8 Å². The van der Waals surface area contributed by atoms with E-state index in [1.54, 1.807) is 0 Å². The molecule has 3 N–H and O–H groups in total. The molecule has 0 radical (unpaired) electrons. The Labute approximate surface area is 108 Å². The normalized spacial score (nSPS) is 17.5. The van der Waals surface area contributed by atoms with Crippen molar-refractivity contribution < 1.29 is 9.59 Å². The monoisotopic (exact) mass is 256 g/mol. The van der Waals surface area contributed by atoms with Gasteiger partial charge >= 0.3 is 0 Å². The molecule has 0 unspecified atom stereocenters. The number of hydrogen-bond acceptors (Lipinski definition) is 4. The van der Waals surface area contributed by atoms with Gasteiger partial charge in [-0.25, -0.2) is 0 Å². The molecule has 18 heavy (non-hydrogen) atoms. The molecule has 1 aliphatic heterocycles. The number of nitrogens with one attached hydrogen (secondary N) is 1. The van der Waals surface area contributed by atoms with Crippen molar-refractivity contribution in [2.75, 3.05) is 39.3 Å². The highest BCUT2D eigenvalue weighted by Crippen LogP contribution is 2.18. The molecule has 1 heterocycles. The maximum Gasteiger partial charge on any atom is 0.242 e. The van der Waals surface area contributed by atoms with Crippen LogP contribution in [0, 0.1) is 0 Å². The van der Waals surface area contributed by atoms with Gasteiger partial charge in [0.05, 0.1) is 12.1 Å². The minimum absolute atomic E-state index is 0.00907. The first-order valence-corrected chi connectivity index (χ1v) is 6.43. The first kappa shape index (κ1) is 14.9. The van der Waals surface area contributed by atoms with Gasteiger partial charge in [-0.1, -0.05) is 0 Å². The second-order valence-electron chi connectivity index (χ2n) is 5.08. The molecule has 1 aliphatic rings. The van der Waals surface area contributed by atoms with Gasteiger partial charge in [0.1, 0.15) is 0 Å². The van der Waals surface area contributed by atoms with Crippen LogP contribution in [0.4, 0.5) is 0 Å². The lowest BCUT2D eigenvalue weighted by Crippen LogP contribution is -2.61. The van der Waals surface area contributed by atoms with Gasteiger partial charge in [0.15, 0.2) is 0 Å². The van der Waals surface area contributed by atoms with E-state index < -0.39 is 11.4 Å². The summed E-state index contributed by atoms with van der Waals surface area (Å²) in [7, 11) is 0. The first-order valence-electron chi connectivity index (χ1n) is 6.43. The highest BCUT2D eigenvalue weighted by atomic mass is 16.2. The highest BCUT2D eigenvalue weighted by Gasteiger charge is 2.37. The van der Waals surface area contributed by atoms with Gasteiger partial charge in [0.2, 0.25) is 11.8 Å².